The number of aromatic nitrogens is 8. The van der Waals surface area contributed by atoms with Crippen LogP contribution in [0.4, 0.5) is 0 Å². The Labute approximate surface area is 556 Å². The molecule has 0 fully saturated rings. The number of aromatic amines is 1. The molecule has 1 N–H and O–H groups in total. The molecule has 8 nitrogen and oxygen atoms in total. The van der Waals surface area contributed by atoms with Crippen LogP contribution >= 0.6 is 131 Å². The van der Waals surface area contributed by atoms with Crippen LogP contribution in [0.3, 0.4) is 0 Å². The first-order valence-electron chi connectivity index (χ1n) is 23.6. The lowest BCUT2D eigenvalue weighted by Crippen LogP contribution is -3.00. The van der Waals surface area contributed by atoms with Crippen LogP contribution in [0, 0.1) is 0 Å². The molecule has 0 amide bonds. The van der Waals surface area contributed by atoms with Gasteiger partial charge in [0.2, 0.25) is 12.7 Å². The zero-order chi connectivity index (χ0) is 55.0. The maximum absolute atomic E-state index is 6.19. The van der Waals surface area contributed by atoms with Crippen LogP contribution in [0.15, 0.2) is 195 Å². The molecule has 0 saturated heterocycles. The molecule has 0 bridgehead atoms. The number of imidazole rings is 4. The Morgan fingerprint density at radius 1 is 0.430 bits per heavy atom. The van der Waals surface area contributed by atoms with Crippen molar-refractivity contribution in [1.82, 2.24) is 28.7 Å². The summed E-state index contributed by atoms with van der Waals surface area (Å²) in [5.41, 5.74) is 4.90. The highest BCUT2D eigenvalue weighted by Crippen LogP contribution is 2.25. The molecule has 12 aromatic rings. The number of alkyl halides is 2. The number of benzene rings is 8. The fourth-order valence-electron chi connectivity index (χ4n) is 8.01. The van der Waals surface area contributed by atoms with E-state index in [-0.39, 0.29) is 48.0 Å². The van der Waals surface area contributed by atoms with Gasteiger partial charge in [-0.25, -0.2) is 28.2 Å². The largest absolute Gasteiger partial charge is 1.00 e. The smallest absolute Gasteiger partial charge is 0.255 e. The Bertz CT molecular complexity index is 3740. The van der Waals surface area contributed by atoms with Gasteiger partial charge in [0, 0.05) is 11.9 Å². The van der Waals surface area contributed by atoms with Crippen molar-refractivity contribution in [2.75, 3.05) is 4.93 Å². The predicted octanol–water partition coefficient (Wildman–Crippen LogP) is 12.5. The van der Waals surface area contributed by atoms with Crippen molar-refractivity contribution in [2.24, 2.45) is 14.1 Å². The molecule has 0 radical (unpaired) electrons. The van der Waals surface area contributed by atoms with E-state index < -0.39 is 0 Å². The third-order valence-corrected chi connectivity index (χ3v) is 15.8. The fourth-order valence-corrected chi connectivity index (χ4v) is 9.64. The summed E-state index contributed by atoms with van der Waals surface area (Å²) in [6, 6.07) is 59.0. The molecule has 0 unspecified atom stereocenters. The summed E-state index contributed by atoms with van der Waals surface area (Å²) in [6.45, 7) is 2.10. The minimum atomic E-state index is 0. The summed E-state index contributed by atoms with van der Waals surface area (Å²) in [5, 5.41) is 14.7. The maximum Gasteiger partial charge on any atom is 0.255 e. The van der Waals surface area contributed by atoms with E-state index >= 15 is 0 Å². The normalized spacial score (nSPS) is 10.3. The second-order valence-electron chi connectivity index (χ2n) is 17.2. The van der Waals surface area contributed by atoms with E-state index in [1.165, 1.54) is 71.7 Å². The average Bonchev–Trinajstić information content (AvgIpc) is 4.16. The van der Waals surface area contributed by atoms with Gasteiger partial charge in [0.05, 0.1) is 26.7 Å². The number of aryl methyl sites for hydroxylation is 2. The number of rotatable bonds is 7. The van der Waals surface area contributed by atoms with Gasteiger partial charge >= 0.3 is 0 Å². The van der Waals surface area contributed by atoms with Crippen LogP contribution < -0.4 is 57.1 Å². The quantitative estimate of drug-likeness (QED) is 0.0982. The standard InChI is InChI=1S/2C15H13Cl2N2.C14H10Cl2N2.C11H9Br.C3H2Cl2N2.CH3I.2HI/c2*1-18-10-19(15(17)14(18)16)9-11-6-7-12-4-2-3-5-13(12)8-11;15-13-14(16)18(9-17-13)8-10-5-6-11-3-1-2-4-12(11)7-10;12-8-9-5-6-10-3-1-2-4-11(10)7-9;4-2-3(5)7-1-6-2;1-2;;/h2*2-8,10H,9H2,1H3;1-7,9H,8H2;1-7H,8H2;1H,(H,6,7);1H3;2*1H/q2*+1;;;;;;/p-2. The van der Waals surface area contributed by atoms with E-state index in [0.29, 0.717) is 60.9 Å². The third-order valence-electron chi connectivity index (χ3n) is 11.8. The molecular weight excluding hydrogens is 1560 g/mol. The minimum absolute atomic E-state index is 0. The Kier molecular flexibility index (Phi) is 27.8. The molecule has 0 aliphatic heterocycles. The molecule has 0 aliphatic carbocycles. The van der Waals surface area contributed by atoms with Crippen LogP contribution in [0.2, 0.25) is 41.2 Å². The number of hydrogen-bond donors (Lipinski definition) is 1. The highest BCUT2D eigenvalue weighted by atomic mass is 127. The SMILES string of the molecule is BrCc1ccc2ccccc2c1.CI.C[n+]1cn(Cc2ccc3ccccc3c2)c(Cl)c1Cl.C[n+]1cn(Cc2ccc3ccccc3c2)c(Cl)c1Cl.Clc1nc[nH]c1Cl.Clc1ncn(Cc2ccc3ccccc3c2)c1Cl.[I-].[I-]. The molecule has 4 heterocycles. The molecule has 0 aliphatic rings. The molecule has 20 heteroatoms. The summed E-state index contributed by atoms with van der Waals surface area (Å²) >= 11 is 52.7. The van der Waals surface area contributed by atoms with Gasteiger partial charge in [-0.15, -0.1) is 0 Å². The Balaban J connectivity index is 0.000000184. The van der Waals surface area contributed by atoms with Crippen molar-refractivity contribution in [3.63, 3.8) is 0 Å². The van der Waals surface area contributed by atoms with Crippen LogP contribution in [-0.2, 0) is 39.1 Å². The Morgan fingerprint density at radius 3 is 1.03 bits per heavy atom. The van der Waals surface area contributed by atoms with Gasteiger partial charge in [-0.3, -0.25) is 0 Å². The second-order valence-corrected chi connectivity index (χ2v) is 20.6. The molecular formula is C59H50BrCl8I3N8. The van der Waals surface area contributed by atoms with Crippen molar-refractivity contribution < 1.29 is 57.1 Å². The van der Waals surface area contributed by atoms with Crippen LogP contribution in [0.1, 0.15) is 22.3 Å². The van der Waals surface area contributed by atoms with Gasteiger partial charge in [0.15, 0.2) is 10.3 Å². The summed E-state index contributed by atoms with van der Waals surface area (Å²) in [5.74, 6) is 0. The number of nitrogens with zero attached hydrogens (tertiary/aromatic N) is 7. The molecule has 0 saturated carbocycles. The first kappa shape index (κ1) is 66.4. The second kappa shape index (κ2) is 33.1. The summed E-state index contributed by atoms with van der Waals surface area (Å²) in [7, 11) is 3.76. The molecule has 0 spiro atoms. The minimum Gasteiger partial charge on any atom is -1.00 e. The topological polar surface area (TPSA) is 64.1 Å². The van der Waals surface area contributed by atoms with E-state index in [0.717, 1.165) is 5.33 Å². The monoisotopic (exact) mass is 1610 g/mol. The number of hydrogen-bond acceptors (Lipinski definition) is 2. The van der Waals surface area contributed by atoms with E-state index in [4.69, 9.17) is 92.8 Å². The van der Waals surface area contributed by atoms with Gasteiger partial charge in [-0.05, 0) is 135 Å². The zero-order valence-electron chi connectivity index (χ0n) is 42.5. The first-order chi connectivity index (χ1) is 37.2. The maximum atomic E-state index is 6.19. The van der Waals surface area contributed by atoms with E-state index in [2.05, 4.69) is 187 Å². The van der Waals surface area contributed by atoms with Gasteiger partial charge in [0.25, 0.3) is 20.6 Å². The lowest BCUT2D eigenvalue weighted by Gasteiger charge is -2.06. The molecule has 79 heavy (non-hydrogen) atoms. The summed E-state index contributed by atoms with van der Waals surface area (Å²) < 4.78 is 9.33. The molecule has 12 rings (SSSR count). The number of halogens is 12. The lowest BCUT2D eigenvalue weighted by atomic mass is 10.1. The summed E-state index contributed by atoms with van der Waals surface area (Å²) in [6.07, 6.45) is 6.89. The van der Waals surface area contributed by atoms with Crippen molar-refractivity contribution in [2.45, 2.75) is 25.0 Å². The molecule has 4 aromatic heterocycles. The van der Waals surface area contributed by atoms with Gasteiger partial charge in [0.1, 0.15) is 23.4 Å². The van der Waals surface area contributed by atoms with E-state index in [1.54, 1.807) is 6.33 Å². The predicted molar refractivity (Wildman–Crippen MR) is 338 cm³/mol. The Hall–Kier alpha value is -3.37. The van der Waals surface area contributed by atoms with E-state index in [1.807, 2.05) is 90.9 Å². The Morgan fingerprint density at radius 2 is 0.759 bits per heavy atom. The highest BCUT2D eigenvalue weighted by molar-refractivity contribution is 14.1. The van der Waals surface area contributed by atoms with Crippen LogP contribution in [0.5, 0.6) is 0 Å². The van der Waals surface area contributed by atoms with Crippen LogP contribution in [0.25, 0.3) is 43.1 Å². The van der Waals surface area contributed by atoms with E-state index in [9.17, 15) is 0 Å². The van der Waals surface area contributed by atoms with Crippen molar-refractivity contribution in [3.05, 3.63) is 259 Å². The number of H-pyrrole nitrogens is 1. The van der Waals surface area contributed by atoms with Gasteiger partial charge in [-0.2, -0.15) is 0 Å². The summed E-state index contributed by atoms with van der Waals surface area (Å²) in [4.78, 5) is 12.1. The molecule has 410 valence electrons. The fraction of sp³-hybridized carbons (Fsp3) is 0.119. The highest BCUT2D eigenvalue weighted by Gasteiger charge is 2.19. The van der Waals surface area contributed by atoms with Gasteiger partial charge < -0.3 is 57.5 Å². The average molecular weight is 1620 g/mol. The number of nitrogens with one attached hydrogen (secondary N) is 1. The van der Waals surface area contributed by atoms with Crippen molar-refractivity contribution in [3.8, 4) is 0 Å². The van der Waals surface area contributed by atoms with Crippen molar-refractivity contribution >= 4 is 174 Å². The van der Waals surface area contributed by atoms with Crippen molar-refractivity contribution in [1.29, 1.82) is 0 Å². The van der Waals surface area contributed by atoms with Crippen LogP contribution in [-0.4, -0.2) is 33.6 Å². The molecule has 0 atom stereocenters. The zero-order valence-corrected chi connectivity index (χ0v) is 56.6. The number of fused-ring (bicyclic) bond motifs is 4. The lowest BCUT2D eigenvalue weighted by molar-refractivity contribution is -0.668. The van der Waals surface area contributed by atoms with Gasteiger partial charge in [-0.1, -0.05) is 237 Å². The third kappa shape index (κ3) is 18.6. The first-order valence-corrected chi connectivity index (χ1v) is 29.9. The molecule has 8 aromatic carbocycles.